The Bertz CT molecular complexity index is 1170. The highest BCUT2D eigenvalue weighted by Gasteiger charge is 2.30. The molecule has 3 aromatic rings. The van der Waals surface area contributed by atoms with Crippen LogP contribution < -0.4 is 10.7 Å². The van der Waals surface area contributed by atoms with Gasteiger partial charge in [-0.2, -0.15) is 0 Å². The van der Waals surface area contributed by atoms with E-state index in [9.17, 15) is 14.4 Å². The van der Waals surface area contributed by atoms with Gasteiger partial charge in [0.1, 0.15) is 17.2 Å². The third kappa shape index (κ3) is 5.44. The molecule has 0 spiro atoms. The number of esters is 1. The van der Waals surface area contributed by atoms with Crippen molar-refractivity contribution in [3.05, 3.63) is 82.1 Å². The number of amides is 1. The van der Waals surface area contributed by atoms with Crippen LogP contribution in [-0.4, -0.2) is 28.1 Å². The maximum absolute atomic E-state index is 13.2. The highest BCUT2D eigenvalue weighted by atomic mass is 16.6. The van der Waals surface area contributed by atoms with E-state index >= 15 is 0 Å². The van der Waals surface area contributed by atoms with Crippen LogP contribution in [-0.2, 0) is 16.1 Å². The number of hydrogen-bond donors (Lipinski definition) is 1. The molecule has 0 saturated heterocycles. The Labute approximate surface area is 188 Å². The van der Waals surface area contributed by atoms with E-state index in [0.29, 0.717) is 11.9 Å². The van der Waals surface area contributed by atoms with Gasteiger partial charge < -0.3 is 14.6 Å². The summed E-state index contributed by atoms with van der Waals surface area (Å²) >= 11 is 0. The van der Waals surface area contributed by atoms with Crippen molar-refractivity contribution < 1.29 is 14.3 Å². The fourth-order valence-electron chi connectivity index (χ4n) is 3.50. The van der Waals surface area contributed by atoms with Gasteiger partial charge in [0.15, 0.2) is 0 Å². The Morgan fingerprint density at radius 1 is 1.00 bits per heavy atom. The van der Waals surface area contributed by atoms with E-state index in [4.69, 9.17) is 4.74 Å². The normalized spacial score (nSPS) is 12.6. The lowest BCUT2D eigenvalue weighted by atomic mass is 10.0. The van der Waals surface area contributed by atoms with Gasteiger partial charge in [-0.3, -0.25) is 9.59 Å². The smallest absolute Gasteiger partial charge is 0.329 e. The number of ether oxygens (including phenoxy) is 1. The highest BCUT2D eigenvalue weighted by Crippen LogP contribution is 2.16. The number of carbonyl (C=O) groups is 2. The molecule has 1 aromatic heterocycles. The molecule has 0 unspecified atom stereocenters. The first-order valence-corrected chi connectivity index (χ1v) is 10.8. The Hall–Kier alpha value is -3.41. The van der Waals surface area contributed by atoms with Crippen LogP contribution in [0.2, 0.25) is 0 Å². The predicted molar refractivity (Wildman–Crippen MR) is 126 cm³/mol. The first-order valence-electron chi connectivity index (χ1n) is 10.8. The summed E-state index contributed by atoms with van der Waals surface area (Å²) in [7, 11) is 0. The van der Waals surface area contributed by atoms with Crippen molar-refractivity contribution in [1.82, 2.24) is 9.88 Å². The second-order valence-corrected chi connectivity index (χ2v) is 9.23. The third-order valence-corrected chi connectivity index (χ3v) is 5.04. The quantitative estimate of drug-likeness (QED) is 0.592. The van der Waals surface area contributed by atoms with Crippen LogP contribution in [0.15, 0.2) is 65.6 Å². The maximum atomic E-state index is 13.2. The van der Waals surface area contributed by atoms with Crippen molar-refractivity contribution in [3.8, 4) is 0 Å². The maximum Gasteiger partial charge on any atom is 0.329 e. The second-order valence-electron chi connectivity index (χ2n) is 9.23. The molecule has 6 nitrogen and oxygen atoms in total. The van der Waals surface area contributed by atoms with Gasteiger partial charge in [0.2, 0.25) is 5.43 Å². The van der Waals surface area contributed by atoms with Gasteiger partial charge in [-0.05, 0) is 44.4 Å². The fraction of sp³-hybridized carbons (Fsp3) is 0.346. The number of carbonyl (C=O) groups excluding carboxylic acids is 2. The first-order chi connectivity index (χ1) is 15.1. The van der Waals surface area contributed by atoms with Crippen LogP contribution in [0.4, 0.5) is 0 Å². The number of benzene rings is 2. The zero-order chi connectivity index (χ0) is 23.5. The summed E-state index contributed by atoms with van der Waals surface area (Å²) in [6.07, 6.45) is 1.57. The Morgan fingerprint density at radius 3 is 2.25 bits per heavy atom. The van der Waals surface area contributed by atoms with Crippen molar-refractivity contribution in [3.63, 3.8) is 0 Å². The molecule has 6 heteroatoms. The van der Waals surface area contributed by atoms with E-state index in [1.165, 1.54) is 0 Å². The SMILES string of the molecule is CC(C)[C@H](NC(=O)c1cn(Cc2ccccc2)c2ccccc2c1=O)C(=O)OC(C)(C)C. The number of fused-ring (bicyclic) bond motifs is 1. The molecule has 0 aliphatic heterocycles. The highest BCUT2D eigenvalue weighted by molar-refractivity contribution is 5.99. The van der Waals surface area contributed by atoms with Crippen molar-refractivity contribution in [1.29, 1.82) is 0 Å². The zero-order valence-electron chi connectivity index (χ0n) is 19.2. The van der Waals surface area contributed by atoms with E-state index in [1.54, 1.807) is 39.1 Å². The Kier molecular flexibility index (Phi) is 6.82. The molecule has 1 amide bonds. The second kappa shape index (κ2) is 9.39. The summed E-state index contributed by atoms with van der Waals surface area (Å²) in [4.78, 5) is 39.0. The van der Waals surface area contributed by atoms with Gasteiger partial charge >= 0.3 is 5.97 Å². The number of pyridine rings is 1. The lowest BCUT2D eigenvalue weighted by Crippen LogP contribution is -2.48. The number of nitrogens with zero attached hydrogens (tertiary/aromatic N) is 1. The van der Waals surface area contributed by atoms with E-state index in [-0.39, 0.29) is 16.9 Å². The first kappa shape index (κ1) is 23.3. The molecule has 1 heterocycles. The number of nitrogens with one attached hydrogen (secondary N) is 1. The molecule has 0 aliphatic rings. The zero-order valence-corrected chi connectivity index (χ0v) is 19.2. The Balaban J connectivity index is 2.00. The van der Waals surface area contributed by atoms with Crippen LogP contribution in [0.1, 0.15) is 50.5 Å². The summed E-state index contributed by atoms with van der Waals surface area (Å²) in [5.74, 6) is -1.32. The van der Waals surface area contributed by atoms with Crippen molar-refractivity contribution in [2.45, 2.75) is 52.8 Å². The standard InChI is InChI=1S/C26H30N2O4/c1-17(2)22(25(31)32-26(3,4)5)27-24(30)20-16-28(15-18-11-7-6-8-12-18)21-14-10-9-13-19(21)23(20)29/h6-14,16-17,22H,15H2,1-5H3,(H,27,30)/t22-/m0/s1. The molecule has 168 valence electrons. The van der Waals surface area contributed by atoms with E-state index in [1.807, 2.05) is 60.9 Å². The molecule has 0 aliphatic carbocycles. The minimum Gasteiger partial charge on any atom is -0.458 e. The van der Waals surface area contributed by atoms with E-state index in [2.05, 4.69) is 5.32 Å². The number of rotatable bonds is 6. The van der Waals surface area contributed by atoms with Crippen molar-refractivity contribution in [2.24, 2.45) is 5.92 Å². The van der Waals surface area contributed by atoms with Gasteiger partial charge in [0, 0.05) is 18.1 Å². The van der Waals surface area contributed by atoms with Gasteiger partial charge in [0.05, 0.1) is 5.52 Å². The molecule has 3 rings (SSSR count). The molecule has 0 bridgehead atoms. The van der Waals surface area contributed by atoms with Crippen molar-refractivity contribution >= 4 is 22.8 Å². The van der Waals surface area contributed by atoms with Gasteiger partial charge in [-0.15, -0.1) is 0 Å². The third-order valence-electron chi connectivity index (χ3n) is 5.04. The lowest BCUT2D eigenvalue weighted by molar-refractivity contribution is -0.158. The number of para-hydroxylation sites is 1. The minimum absolute atomic E-state index is 0.00570. The average molecular weight is 435 g/mol. The summed E-state index contributed by atoms with van der Waals surface area (Å²) in [6.45, 7) is 9.47. The predicted octanol–water partition coefficient (Wildman–Crippen LogP) is 4.15. The lowest BCUT2D eigenvalue weighted by Gasteiger charge is -2.26. The van der Waals surface area contributed by atoms with E-state index < -0.39 is 23.5 Å². The summed E-state index contributed by atoms with van der Waals surface area (Å²) in [5.41, 5.74) is 0.732. The summed E-state index contributed by atoms with van der Waals surface area (Å²) in [5, 5.41) is 3.18. The molecule has 0 radical (unpaired) electrons. The molecular weight excluding hydrogens is 404 g/mol. The molecule has 0 saturated carbocycles. The topological polar surface area (TPSA) is 77.4 Å². The van der Waals surface area contributed by atoms with Crippen LogP contribution in [0.25, 0.3) is 10.9 Å². The van der Waals surface area contributed by atoms with Crippen LogP contribution in [0, 0.1) is 5.92 Å². The van der Waals surface area contributed by atoms with Crippen LogP contribution in [0.5, 0.6) is 0 Å². The molecule has 1 N–H and O–H groups in total. The summed E-state index contributed by atoms with van der Waals surface area (Å²) in [6, 6.07) is 16.2. The van der Waals surface area contributed by atoms with E-state index in [0.717, 1.165) is 11.1 Å². The fourth-order valence-corrected chi connectivity index (χ4v) is 3.50. The molecular formula is C26H30N2O4. The van der Waals surface area contributed by atoms with Gasteiger partial charge in [-0.1, -0.05) is 56.3 Å². The Morgan fingerprint density at radius 2 is 1.62 bits per heavy atom. The van der Waals surface area contributed by atoms with Crippen LogP contribution >= 0.6 is 0 Å². The minimum atomic E-state index is -0.866. The molecule has 1 atom stereocenters. The van der Waals surface area contributed by atoms with Gasteiger partial charge in [0.25, 0.3) is 5.91 Å². The van der Waals surface area contributed by atoms with Crippen molar-refractivity contribution in [2.75, 3.05) is 0 Å². The van der Waals surface area contributed by atoms with Crippen LogP contribution in [0.3, 0.4) is 0 Å². The number of hydrogen-bond acceptors (Lipinski definition) is 4. The monoisotopic (exact) mass is 434 g/mol. The van der Waals surface area contributed by atoms with Gasteiger partial charge in [-0.25, -0.2) is 4.79 Å². The average Bonchev–Trinajstić information content (AvgIpc) is 2.73. The molecule has 0 fully saturated rings. The number of aromatic nitrogens is 1. The summed E-state index contributed by atoms with van der Waals surface area (Å²) < 4.78 is 7.35. The molecule has 2 aromatic carbocycles. The largest absolute Gasteiger partial charge is 0.458 e. The molecule has 32 heavy (non-hydrogen) atoms.